The first-order chi connectivity index (χ1) is 8.17. The highest BCUT2D eigenvalue weighted by atomic mass is 16.5. The molecule has 0 aliphatic rings. The number of hydrogen-bond donors (Lipinski definition) is 1. The van der Waals surface area contributed by atoms with Gasteiger partial charge < -0.3 is 14.6 Å². The average molecular weight is 233 g/mol. The summed E-state index contributed by atoms with van der Waals surface area (Å²) in [7, 11) is 2.59. The van der Waals surface area contributed by atoms with Crippen LogP contribution < -0.4 is 9.47 Å². The van der Waals surface area contributed by atoms with Crippen LogP contribution in [0.15, 0.2) is 24.3 Å². The Morgan fingerprint density at radius 2 is 2.24 bits per heavy atom. The molecule has 5 heteroatoms. The van der Waals surface area contributed by atoms with Crippen molar-refractivity contribution in [2.24, 2.45) is 0 Å². The zero-order chi connectivity index (χ0) is 12.7. The number of carbonyl (C=O) groups is 1. The Hall–Kier alpha value is -1.91. The average Bonchev–Trinajstić information content (AvgIpc) is 2.30. The number of benzene rings is 1. The van der Waals surface area contributed by atoms with Gasteiger partial charge in [-0.25, -0.2) is 0 Å². The number of hydrogen-bond acceptors (Lipinski definition) is 3. The molecule has 0 unspecified atom stereocenters. The molecule has 0 aromatic heterocycles. The lowest BCUT2D eigenvalue weighted by molar-refractivity contribution is 0.218. The topological polar surface area (TPSA) is 55.8 Å². The second-order valence-corrected chi connectivity index (χ2v) is 3.26. The van der Waals surface area contributed by atoms with E-state index in [1.165, 1.54) is 0 Å². The maximum atomic E-state index is 10.3. The van der Waals surface area contributed by atoms with E-state index in [-0.39, 0.29) is 6.51 Å². The van der Waals surface area contributed by atoms with Crippen molar-refractivity contribution >= 4 is 19.2 Å². The molecular formula is C12H14BO4. The molecule has 4 nitrogen and oxygen atoms in total. The largest absolute Gasteiger partial charge is 0.498 e. The highest BCUT2D eigenvalue weighted by Gasteiger charge is 2.07. The molecule has 0 atom stereocenters. The Labute approximate surface area is 101 Å². The Morgan fingerprint density at radius 1 is 1.47 bits per heavy atom. The zero-order valence-electron chi connectivity index (χ0n) is 9.84. The van der Waals surface area contributed by atoms with E-state index in [0.717, 1.165) is 12.8 Å². The van der Waals surface area contributed by atoms with Crippen LogP contribution in [0.3, 0.4) is 0 Å². The third-order valence-corrected chi connectivity index (χ3v) is 2.04. The smallest absolute Gasteiger partial charge is 0.308 e. The first kappa shape index (κ1) is 13.2. The van der Waals surface area contributed by atoms with E-state index < -0.39 is 5.87 Å². The number of ether oxygens (including phenoxy) is 2. The molecule has 17 heavy (non-hydrogen) atoms. The van der Waals surface area contributed by atoms with Crippen molar-refractivity contribution in [1.29, 1.82) is 0 Å². The number of allylic oxidation sites excluding steroid dienone is 1. The maximum Gasteiger partial charge on any atom is 0.308 e. The third kappa shape index (κ3) is 4.22. The van der Waals surface area contributed by atoms with Gasteiger partial charge in [0.05, 0.1) is 13.6 Å². The SMILES string of the molecule is C/C=C/c1ccc(OC[B]C(=O)O)c(OC)c1. The van der Waals surface area contributed by atoms with Crippen LogP contribution in [-0.2, 0) is 0 Å². The van der Waals surface area contributed by atoms with E-state index in [4.69, 9.17) is 14.6 Å². The summed E-state index contributed by atoms with van der Waals surface area (Å²) in [5, 5.41) is 8.46. The fraction of sp³-hybridized carbons (Fsp3) is 0.250. The van der Waals surface area contributed by atoms with Crippen molar-refractivity contribution in [1.82, 2.24) is 0 Å². The van der Waals surface area contributed by atoms with Crippen molar-refractivity contribution < 1.29 is 19.4 Å². The van der Waals surface area contributed by atoms with Gasteiger partial charge in [-0.3, -0.25) is 4.79 Å². The van der Waals surface area contributed by atoms with Crippen LogP contribution in [0.25, 0.3) is 6.08 Å². The minimum absolute atomic E-state index is 0.00859. The highest BCUT2D eigenvalue weighted by molar-refractivity contribution is 6.71. The Balaban J connectivity index is 2.74. The lowest BCUT2D eigenvalue weighted by atomic mass is 9.81. The van der Waals surface area contributed by atoms with Gasteiger partial charge in [0.1, 0.15) is 0 Å². The fourth-order valence-electron chi connectivity index (χ4n) is 1.30. The van der Waals surface area contributed by atoms with Crippen LogP contribution in [0.5, 0.6) is 11.5 Å². The summed E-state index contributed by atoms with van der Waals surface area (Å²) in [6.45, 7) is 1.94. The zero-order valence-corrected chi connectivity index (χ0v) is 9.84. The molecule has 0 bridgehead atoms. The molecule has 0 spiro atoms. The molecule has 0 aliphatic heterocycles. The molecule has 0 saturated carbocycles. The molecule has 0 saturated heterocycles. The lowest BCUT2D eigenvalue weighted by Gasteiger charge is -2.10. The van der Waals surface area contributed by atoms with Crippen molar-refractivity contribution in [2.45, 2.75) is 6.92 Å². The molecule has 0 amide bonds. The number of rotatable bonds is 6. The van der Waals surface area contributed by atoms with Crippen molar-refractivity contribution in [3.05, 3.63) is 29.8 Å². The van der Waals surface area contributed by atoms with Gasteiger partial charge in [-0.2, -0.15) is 0 Å². The van der Waals surface area contributed by atoms with Crippen molar-refractivity contribution in [3.63, 3.8) is 0 Å². The summed E-state index contributed by atoms with van der Waals surface area (Å²) in [6.07, 6.45) is 3.86. The molecule has 89 valence electrons. The van der Waals surface area contributed by atoms with Gasteiger partial charge in [0, 0.05) is 0 Å². The normalized spacial score (nSPS) is 10.2. The molecule has 0 heterocycles. The summed E-state index contributed by atoms with van der Waals surface area (Å²) in [5.74, 6) is 0.104. The van der Waals surface area contributed by atoms with Crippen molar-refractivity contribution in [3.8, 4) is 11.5 Å². The summed E-state index contributed by atoms with van der Waals surface area (Å²) >= 11 is 0. The molecule has 1 radical (unpaired) electrons. The van der Waals surface area contributed by atoms with E-state index >= 15 is 0 Å². The van der Waals surface area contributed by atoms with E-state index in [1.807, 2.05) is 31.2 Å². The number of carboxylic acid groups (broad SMARTS) is 1. The van der Waals surface area contributed by atoms with Gasteiger partial charge in [0.15, 0.2) is 11.5 Å². The monoisotopic (exact) mass is 233 g/mol. The second kappa shape index (κ2) is 6.63. The highest BCUT2D eigenvalue weighted by Crippen LogP contribution is 2.28. The van der Waals surface area contributed by atoms with E-state index in [2.05, 4.69) is 0 Å². The molecule has 1 N–H and O–H groups in total. The summed E-state index contributed by atoms with van der Waals surface area (Å²) in [4.78, 5) is 10.3. The number of methoxy groups -OCH3 is 1. The first-order valence-electron chi connectivity index (χ1n) is 5.17. The minimum Gasteiger partial charge on any atom is -0.498 e. The summed E-state index contributed by atoms with van der Waals surface area (Å²) in [6, 6.07) is 5.46. The molecule has 1 aromatic carbocycles. The van der Waals surface area contributed by atoms with Crippen LogP contribution in [0.4, 0.5) is 4.79 Å². The standard InChI is InChI=1S/C12H14BO4/c1-3-4-9-5-6-10(11(7-9)16-2)17-8-13-12(14)15/h3-7H,8H2,1-2H3,(H,14,15)/b4-3+. The van der Waals surface area contributed by atoms with Crippen LogP contribution in [0, 0.1) is 0 Å². The van der Waals surface area contributed by atoms with E-state index in [1.54, 1.807) is 13.2 Å². The summed E-state index contributed by atoms with van der Waals surface area (Å²) < 4.78 is 10.5. The predicted molar refractivity (Wildman–Crippen MR) is 67.0 cm³/mol. The Morgan fingerprint density at radius 3 is 2.82 bits per heavy atom. The maximum absolute atomic E-state index is 10.3. The summed E-state index contributed by atoms with van der Waals surface area (Å²) in [5.41, 5.74) is 0.999. The Kier molecular flexibility index (Phi) is 5.13. The van der Waals surface area contributed by atoms with Gasteiger partial charge in [-0.1, -0.05) is 18.2 Å². The van der Waals surface area contributed by atoms with Crippen molar-refractivity contribution in [2.75, 3.05) is 13.6 Å². The molecule has 1 aromatic rings. The van der Waals surface area contributed by atoms with E-state index in [9.17, 15) is 4.79 Å². The molecule has 1 rings (SSSR count). The quantitative estimate of drug-likeness (QED) is 0.766. The van der Waals surface area contributed by atoms with E-state index in [0.29, 0.717) is 11.5 Å². The Bertz CT molecular complexity index is 415. The second-order valence-electron chi connectivity index (χ2n) is 3.26. The van der Waals surface area contributed by atoms with Gasteiger partial charge >= 0.3 is 7.28 Å². The van der Waals surface area contributed by atoms with Crippen LogP contribution >= 0.6 is 0 Å². The van der Waals surface area contributed by atoms with Gasteiger partial charge in [-0.05, 0) is 24.6 Å². The first-order valence-corrected chi connectivity index (χ1v) is 5.17. The molecule has 0 fully saturated rings. The van der Waals surface area contributed by atoms with Gasteiger partial charge in [0.2, 0.25) is 5.87 Å². The van der Waals surface area contributed by atoms with Gasteiger partial charge in [-0.15, -0.1) is 0 Å². The lowest BCUT2D eigenvalue weighted by Crippen LogP contribution is -2.15. The van der Waals surface area contributed by atoms with Crippen LogP contribution in [0.2, 0.25) is 0 Å². The fourth-order valence-corrected chi connectivity index (χ4v) is 1.30. The molecule has 0 aliphatic carbocycles. The van der Waals surface area contributed by atoms with Gasteiger partial charge in [0.25, 0.3) is 0 Å². The predicted octanol–water partition coefficient (Wildman–Crippen LogP) is 2.45. The molecular weight excluding hydrogens is 219 g/mol. The van der Waals surface area contributed by atoms with Crippen LogP contribution in [-0.4, -0.2) is 31.9 Å². The third-order valence-electron chi connectivity index (χ3n) is 2.04. The van der Waals surface area contributed by atoms with Crippen LogP contribution in [0.1, 0.15) is 12.5 Å². The minimum atomic E-state index is -1.01.